The number of nitrogens with two attached hydrogens (primary N) is 4. The molecule has 0 aliphatic heterocycles. The summed E-state index contributed by atoms with van der Waals surface area (Å²) in [5.41, 5.74) is 21.4. The number of unbranched alkanes of at least 4 members (excludes halogenated alkanes) is 1. The second-order valence-corrected chi connectivity index (χ2v) is 9.55. The number of carbonyl (C=O) groups is 3. The minimum Gasteiger partial charge on any atom is -0.370 e. The van der Waals surface area contributed by atoms with E-state index in [2.05, 4.69) is 39.8 Å². The molecule has 1 atom stereocenters. The summed E-state index contributed by atoms with van der Waals surface area (Å²) >= 11 is 0. The van der Waals surface area contributed by atoms with Gasteiger partial charge in [0.25, 0.3) is 0 Å². The van der Waals surface area contributed by atoms with E-state index < -0.39 is 0 Å². The minimum atomic E-state index is -0.152. The predicted molar refractivity (Wildman–Crippen MR) is 158 cm³/mol. The highest BCUT2D eigenvalue weighted by Crippen LogP contribution is 2.12. The Kier molecular flexibility index (Phi) is 22.1. The number of amides is 3. The van der Waals surface area contributed by atoms with Crippen LogP contribution < -0.4 is 38.9 Å². The Balaban J connectivity index is 4.08. The van der Waals surface area contributed by atoms with Crippen molar-refractivity contribution in [2.75, 3.05) is 52.4 Å². The highest BCUT2D eigenvalue weighted by molar-refractivity contribution is 5.83. The molecule has 1 unspecified atom stereocenters. The van der Waals surface area contributed by atoms with Gasteiger partial charge in [-0.2, -0.15) is 0 Å². The van der Waals surface area contributed by atoms with Crippen LogP contribution in [-0.2, 0) is 14.4 Å². The van der Waals surface area contributed by atoms with Crippen LogP contribution in [-0.4, -0.2) is 86.9 Å². The van der Waals surface area contributed by atoms with Gasteiger partial charge >= 0.3 is 0 Å². The average molecular weight is 555 g/mol. The smallest absolute Gasteiger partial charge is 0.223 e. The number of nitrogens with one attached hydrogen (secondary N) is 3. The van der Waals surface area contributed by atoms with Gasteiger partial charge in [0.15, 0.2) is 11.9 Å². The van der Waals surface area contributed by atoms with Crippen molar-refractivity contribution in [2.45, 2.75) is 78.1 Å². The normalized spacial score (nSPS) is 11.3. The van der Waals surface area contributed by atoms with E-state index in [0.717, 1.165) is 51.6 Å². The summed E-state index contributed by atoms with van der Waals surface area (Å²) in [7, 11) is 0. The van der Waals surface area contributed by atoms with Crippen molar-refractivity contribution < 1.29 is 14.4 Å². The second kappa shape index (κ2) is 24.0. The zero-order valence-corrected chi connectivity index (χ0v) is 24.2. The summed E-state index contributed by atoms with van der Waals surface area (Å²) in [4.78, 5) is 46.6. The SMILES string of the molecule is CCCCC(CC)C(=O)NCCCNCCCNC(=O)CCC(=O)N(CCCN=C(N)N)CCCN=C(N)N. The van der Waals surface area contributed by atoms with Gasteiger partial charge in [-0.15, -0.1) is 0 Å². The van der Waals surface area contributed by atoms with Crippen molar-refractivity contribution in [2.24, 2.45) is 38.8 Å². The first-order chi connectivity index (χ1) is 18.7. The highest BCUT2D eigenvalue weighted by Gasteiger charge is 2.15. The van der Waals surface area contributed by atoms with Crippen molar-refractivity contribution >= 4 is 29.6 Å². The highest BCUT2D eigenvalue weighted by atomic mass is 16.2. The fourth-order valence-electron chi connectivity index (χ4n) is 3.87. The molecule has 0 bridgehead atoms. The van der Waals surface area contributed by atoms with Gasteiger partial charge in [-0.25, -0.2) is 0 Å². The molecule has 0 rings (SSSR count). The van der Waals surface area contributed by atoms with E-state index in [9.17, 15) is 14.4 Å². The summed E-state index contributed by atoms with van der Waals surface area (Å²) in [5.74, 6) is 0.0434. The number of carbonyl (C=O) groups excluding carboxylic acids is 3. The Morgan fingerprint density at radius 1 is 0.744 bits per heavy atom. The van der Waals surface area contributed by atoms with Gasteiger partial charge in [-0.05, 0) is 51.6 Å². The third-order valence-electron chi connectivity index (χ3n) is 6.13. The zero-order chi connectivity index (χ0) is 29.3. The molecule has 0 spiro atoms. The zero-order valence-electron chi connectivity index (χ0n) is 24.2. The molecule has 226 valence electrons. The first-order valence-corrected chi connectivity index (χ1v) is 14.3. The molecule has 0 saturated heterocycles. The standard InChI is InChI=1S/C26H54N10O3/c1-3-5-10-21(4-2)24(39)33-16-7-14-31-13-6-15-32-22(37)11-12-23(38)36(19-8-17-34-25(27)28)20-9-18-35-26(29)30/h21,31H,3-20H2,1-2H3,(H,32,37)(H,33,39)(H4,27,28,34)(H4,29,30,35). The maximum absolute atomic E-state index is 12.7. The molecule has 0 heterocycles. The molecule has 3 amide bonds. The second-order valence-electron chi connectivity index (χ2n) is 9.55. The van der Waals surface area contributed by atoms with Gasteiger partial charge < -0.3 is 43.8 Å². The van der Waals surface area contributed by atoms with E-state index in [4.69, 9.17) is 22.9 Å². The van der Waals surface area contributed by atoms with Crippen LogP contribution in [0.2, 0.25) is 0 Å². The molecule has 13 heteroatoms. The van der Waals surface area contributed by atoms with Gasteiger partial charge in [-0.1, -0.05) is 26.7 Å². The van der Waals surface area contributed by atoms with Crippen LogP contribution in [0.4, 0.5) is 0 Å². The quantitative estimate of drug-likeness (QED) is 0.0477. The van der Waals surface area contributed by atoms with Crippen LogP contribution in [0.3, 0.4) is 0 Å². The third kappa shape index (κ3) is 21.5. The van der Waals surface area contributed by atoms with Gasteiger partial charge in [0, 0.05) is 58.0 Å². The van der Waals surface area contributed by atoms with E-state index in [0.29, 0.717) is 52.1 Å². The van der Waals surface area contributed by atoms with Crippen LogP contribution in [0.1, 0.15) is 78.1 Å². The van der Waals surface area contributed by atoms with Gasteiger partial charge in [0.05, 0.1) is 0 Å². The van der Waals surface area contributed by atoms with Crippen LogP contribution >= 0.6 is 0 Å². The number of nitrogens with zero attached hydrogens (tertiary/aromatic N) is 3. The predicted octanol–water partition coefficient (Wildman–Crippen LogP) is -0.259. The van der Waals surface area contributed by atoms with Crippen molar-refractivity contribution in [3.05, 3.63) is 0 Å². The van der Waals surface area contributed by atoms with Gasteiger partial charge in [0.1, 0.15) is 0 Å². The van der Waals surface area contributed by atoms with E-state index in [1.807, 2.05) is 0 Å². The van der Waals surface area contributed by atoms with Gasteiger partial charge in [0.2, 0.25) is 17.7 Å². The van der Waals surface area contributed by atoms with Crippen molar-refractivity contribution in [3.8, 4) is 0 Å². The average Bonchev–Trinajstić information content (AvgIpc) is 2.89. The fraction of sp³-hybridized carbons (Fsp3) is 0.808. The van der Waals surface area contributed by atoms with Crippen molar-refractivity contribution in [3.63, 3.8) is 0 Å². The Morgan fingerprint density at radius 3 is 1.82 bits per heavy atom. The molecular weight excluding hydrogens is 500 g/mol. The van der Waals surface area contributed by atoms with Crippen LogP contribution in [0.25, 0.3) is 0 Å². The Labute approximate surface area is 234 Å². The Bertz CT molecular complexity index is 713. The van der Waals surface area contributed by atoms with E-state index >= 15 is 0 Å². The molecule has 0 aromatic rings. The number of hydrogen-bond donors (Lipinski definition) is 7. The summed E-state index contributed by atoms with van der Waals surface area (Å²) in [6.45, 7) is 8.76. The molecule has 39 heavy (non-hydrogen) atoms. The summed E-state index contributed by atoms with van der Waals surface area (Å²) in [6, 6.07) is 0. The molecule has 0 fully saturated rings. The lowest BCUT2D eigenvalue weighted by Crippen LogP contribution is -2.35. The van der Waals surface area contributed by atoms with E-state index in [-0.39, 0.29) is 48.4 Å². The lowest BCUT2D eigenvalue weighted by atomic mass is 9.98. The lowest BCUT2D eigenvalue weighted by Gasteiger charge is -2.22. The first kappa shape index (κ1) is 35.9. The van der Waals surface area contributed by atoms with Crippen LogP contribution in [0, 0.1) is 5.92 Å². The summed E-state index contributed by atoms with van der Waals surface area (Å²) in [5, 5.41) is 9.22. The van der Waals surface area contributed by atoms with Gasteiger partial charge in [-0.3, -0.25) is 24.4 Å². The monoisotopic (exact) mass is 554 g/mol. The molecule has 13 nitrogen and oxygen atoms in total. The summed E-state index contributed by atoms with van der Waals surface area (Å²) in [6.07, 6.45) is 7.13. The fourth-order valence-corrected chi connectivity index (χ4v) is 3.87. The number of guanidine groups is 2. The molecule has 0 aromatic carbocycles. The lowest BCUT2D eigenvalue weighted by molar-refractivity contribution is -0.133. The summed E-state index contributed by atoms with van der Waals surface area (Å²) < 4.78 is 0. The molecular formula is C26H54N10O3. The number of aliphatic imine (C=N–C) groups is 2. The molecule has 0 radical (unpaired) electrons. The maximum atomic E-state index is 12.7. The molecule has 0 aromatic heterocycles. The Hall–Kier alpha value is -3.09. The van der Waals surface area contributed by atoms with E-state index in [1.165, 1.54) is 0 Å². The minimum absolute atomic E-state index is 0.0132. The van der Waals surface area contributed by atoms with Crippen molar-refractivity contribution in [1.29, 1.82) is 0 Å². The third-order valence-corrected chi connectivity index (χ3v) is 6.13. The molecule has 0 aliphatic rings. The Morgan fingerprint density at radius 2 is 1.31 bits per heavy atom. The largest absolute Gasteiger partial charge is 0.370 e. The number of hydrogen-bond acceptors (Lipinski definition) is 6. The van der Waals surface area contributed by atoms with Crippen LogP contribution in [0.15, 0.2) is 9.98 Å². The van der Waals surface area contributed by atoms with Crippen molar-refractivity contribution in [1.82, 2.24) is 20.9 Å². The topological polar surface area (TPSA) is 219 Å². The van der Waals surface area contributed by atoms with E-state index in [1.54, 1.807) is 4.90 Å². The molecule has 11 N–H and O–H groups in total. The number of rotatable bonds is 24. The molecule has 0 saturated carbocycles. The first-order valence-electron chi connectivity index (χ1n) is 14.3. The maximum Gasteiger partial charge on any atom is 0.223 e. The molecule has 0 aliphatic carbocycles. The van der Waals surface area contributed by atoms with Crippen LogP contribution in [0.5, 0.6) is 0 Å².